The summed E-state index contributed by atoms with van der Waals surface area (Å²) in [6, 6.07) is -0.350. The van der Waals surface area contributed by atoms with Crippen LogP contribution in [0.1, 0.15) is 24.4 Å². The van der Waals surface area contributed by atoms with E-state index in [1.807, 2.05) is 0 Å². The molecule has 2 atom stereocenters. The Bertz CT molecular complexity index is 328. The van der Waals surface area contributed by atoms with Crippen molar-refractivity contribution in [2.75, 3.05) is 0 Å². The molecule has 5 nitrogen and oxygen atoms in total. The Hall–Kier alpha value is -1.49. The van der Waals surface area contributed by atoms with Crippen molar-refractivity contribution in [1.29, 1.82) is 0 Å². The highest BCUT2D eigenvalue weighted by Crippen LogP contribution is 2.25. The first-order chi connectivity index (χ1) is 6.77. The van der Waals surface area contributed by atoms with Crippen LogP contribution in [0.5, 0.6) is 0 Å². The van der Waals surface area contributed by atoms with E-state index >= 15 is 0 Å². The van der Waals surface area contributed by atoms with E-state index in [1.165, 1.54) is 6.33 Å². The van der Waals surface area contributed by atoms with Crippen LogP contribution in [0, 0.1) is 0 Å². The molecule has 1 aliphatic heterocycles. The molecule has 5 heteroatoms. The molecule has 0 unspecified atom stereocenters. The van der Waals surface area contributed by atoms with Crippen molar-refractivity contribution >= 4 is 5.97 Å². The molecule has 74 valence electrons. The van der Waals surface area contributed by atoms with E-state index in [0.29, 0.717) is 6.42 Å². The predicted octanol–water partition coefficient (Wildman–Crippen LogP) is 0.354. The van der Waals surface area contributed by atoms with Gasteiger partial charge in [0, 0.05) is 24.0 Å². The van der Waals surface area contributed by atoms with Gasteiger partial charge in [0.25, 0.3) is 0 Å². The standard InChI is InChI=1S/C9H11N3O2/c13-9(14)8-2-1-7(12-8)6-3-10-5-11-4-6/h3-5,7-8,12H,1-2H2,(H,13,14)/t7-,8+/m1/s1. The number of carboxylic acid groups (broad SMARTS) is 1. The average Bonchev–Trinajstić information content (AvgIpc) is 2.68. The van der Waals surface area contributed by atoms with Crippen LogP contribution >= 0.6 is 0 Å². The molecule has 0 aromatic carbocycles. The van der Waals surface area contributed by atoms with Crippen molar-refractivity contribution in [2.24, 2.45) is 0 Å². The van der Waals surface area contributed by atoms with Crippen LogP contribution in [0.2, 0.25) is 0 Å². The van der Waals surface area contributed by atoms with Gasteiger partial charge in [-0.25, -0.2) is 9.97 Å². The van der Waals surface area contributed by atoms with E-state index in [0.717, 1.165) is 12.0 Å². The van der Waals surface area contributed by atoms with Crippen molar-refractivity contribution in [3.63, 3.8) is 0 Å². The maximum Gasteiger partial charge on any atom is 0.320 e. The van der Waals surface area contributed by atoms with Crippen molar-refractivity contribution in [2.45, 2.75) is 24.9 Å². The number of rotatable bonds is 2. The molecule has 2 N–H and O–H groups in total. The summed E-state index contributed by atoms with van der Waals surface area (Å²) in [5.74, 6) is -0.788. The fourth-order valence-corrected chi connectivity index (χ4v) is 1.69. The second-order valence-electron chi connectivity index (χ2n) is 3.36. The van der Waals surface area contributed by atoms with E-state index < -0.39 is 12.0 Å². The number of aromatic nitrogens is 2. The van der Waals surface area contributed by atoms with E-state index in [1.54, 1.807) is 12.4 Å². The van der Waals surface area contributed by atoms with Gasteiger partial charge in [-0.15, -0.1) is 0 Å². The minimum atomic E-state index is -0.788. The molecule has 1 saturated heterocycles. The highest BCUT2D eigenvalue weighted by Gasteiger charge is 2.29. The van der Waals surface area contributed by atoms with Crippen molar-refractivity contribution in [3.8, 4) is 0 Å². The van der Waals surface area contributed by atoms with Crippen LogP contribution in [0.15, 0.2) is 18.7 Å². The molecular weight excluding hydrogens is 182 g/mol. The fraction of sp³-hybridized carbons (Fsp3) is 0.444. The van der Waals surface area contributed by atoms with Crippen LogP contribution in [0.4, 0.5) is 0 Å². The first kappa shape index (κ1) is 9.08. The monoisotopic (exact) mass is 193 g/mol. The summed E-state index contributed by atoms with van der Waals surface area (Å²) in [6.45, 7) is 0. The van der Waals surface area contributed by atoms with Gasteiger partial charge in [-0.05, 0) is 12.8 Å². The lowest BCUT2D eigenvalue weighted by molar-refractivity contribution is -0.139. The summed E-state index contributed by atoms with van der Waals surface area (Å²) in [4.78, 5) is 18.5. The number of hydrogen-bond acceptors (Lipinski definition) is 4. The van der Waals surface area contributed by atoms with Crippen molar-refractivity contribution in [3.05, 3.63) is 24.3 Å². The Kier molecular flexibility index (Phi) is 2.41. The second kappa shape index (κ2) is 3.71. The molecule has 0 aliphatic carbocycles. The minimum absolute atomic E-state index is 0.0808. The molecule has 1 fully saturated rings. The smallest absolute Gasteiger partial charge is 0.320 e. The molecule has 0 amide bonds. The number of aliphatic carboxylic acids is 1. The highest BCUT2D eigenvalue weighted by atomic mass is 16.4. The van der Waals surface area contributed by atoms with Crippen LogP contribution in [-0.4, -0.2) is 27.1 Å². The third-order valence-corrected chi connectivity index (χ3v) is 2.43. The molecule has 1 aliphatic rings. The number of nitrogens with one attached hydrogen (secondary N) is 1. The number of nitrogens with zero attached hydrogens (tertiary/aromatic N) is 2. The molecule has 0 radical (unpaired) electrons. The molecule has 1 aromatic heterocycles. The summed E-state index contributed by atoms with van der Waals surface area (Å²) in [6.07, 6.45) is 6.39. The number of carboxylic acids is 1. The molecule has 0 spiro atoms. The molecule has 0 bridgehead atoms. The van der Waals surface area contributed by atoms with E-state index in [9.17, 15) is 4.79 Å². The zero-order valence-corrected chi connectivity index (χ0v) is 7.55. The normalized spacial score (nSPS) is 26.3. The van der Waals surface area contributed by atoms with Gasteiger partial charge in [0.1, 0.15) is 12.4 Å². The lowest BCUT2D eigenvalue weighted by Gasteiger charge is -2.10. The van der Waals surface area contributed by atoms with E-state index in [4.69, 9.17) is 5.11 Å². The Balaban J connectivity index is 2.06. The average molecular weight is 193 g/mol. The summed E-state index contributed by atoms with van der Waals surface area (Å²) in [5, 5.41) is 11.8. The first-order valence-corrected chi connectivity index (χ1v) is 4.51. The SMILES string of the molecule is O=C(O)[C@@H]1CC[C@H](c2cncnc2)N1. The van der Waals surface area contributed by atoms with Gasteiger partial charge in [-0.2, -0.15) is 0 Å². The molecule has 0 saturated carbocycles. The van der Waals surface area contributed by atoms with Gasteiger partial charge in [-0.3, -0.25) is 10.1 Å². The zero-order valence-electron chi connectivity index (χ0n) is 7.55. The van der Waals surface area contributed by atoms with E-state index in [2.05, 4.69) is 15.3 Å². The first-order valence-electron chi connectivity index (χ1n) is 4.51. The molecule has 2 rings (SSSR count). The highest BCUT2D eigenvalue weighted by molar-refractivity contribution is 5.73. The maximum absolute atomic E-state index is 10.7. The van der Waals surface area contributed by atoms with Gasteiger partial charge in [0.15, 0.2) is 0 Å². The summed E-state index contributed by atoms with van der Waals surface area (Å²) in [7, 11) is 0. The van der Waals surface area contributed by atoms with E-state index in [-0.39, 0.29) is 6.04 Å². The van der Waals surface area contributed by atoms with Gasteiger partial charge in [0.2, 0.25) is 0 Å². The topological polar surface area (TPSA) is 75.1 Å². The van der Waals surface area contributed by atoms with Gasteiger partial charge >= 0.3 is 5.97 Å². The molecule has 2 heterocycles. The second-order valence-corrected chi connectivity index (χ2v) is 3.36. The van der Waals surface area contributed by atoms with Gasteiger partial charge in [-0.1, -0.05) is 0 Å². The molecule has 1 aromatic rings. The summed E-state index contributed by atoms with van der Waals surface area (Å²) < 4.78 is 0. The van der Waals surface area contributed by atoms with Gasteiger partial charge < -0.3 is 5.11 Å². The summed E-state index contributed by atoms with van der Waals surface area (Å²) in [5.41, 5.74) is 0.955. The Labute approximate surface area is 81.2 Å². The fourth-order valence-electron chi connectivity index (χ4n) is 1.69. The van der Waals surface area contributed by atoms with Crippen LogP contribution in [0.3, 0.4) is 0 Å². The lowest BCUT2D eigenvalue weighted by atomic mass is 10.1. The van der Waals surface area contributed by atoms with Crippen molar-refractivity contribution in [1.82, 2.24) is 15.3 Å². The minimum Gasteiger partial charge on any atom is -0.480 e. The Morgan fingerprint density at radius 3 is 2.71 bits per heavy atom. The maximum atomic E-state index is 10.7. The van der Waals surface area contributed by atoms with Gasteiger partial charge in [0.05, 0.1) is 0 Å². The quantitative estimate of drug-likeness (QED) is 0.709. The predicted molar refractivity (Wildman–Crippen MR) is 48.6 cm³/mol. The zero-order chi connectivity index (χ0) is 9.97. The Morgan fingerprint density at radius 1 is 1.43 bits per heavy atom. The Morgan fingerprint density at radius 2 is 2.14 bits per heavy atom. The number of carbonyl (C=O) groups is 1. The lowest BCUT2D eigenvalue weighted by Crippen LogP contribution is -2.31. The van der Waals surface area contributed by atoms with Crippen LogP contribution < -0.4 is 5.32 Å². The van der Waals surface area contributed by atoms with Crippen LogP contribution in [0.25, 0.3) is 0 Å². The number of hydrogen-bond donors (Lipinski definition) is 2. The van der Waals surface area contributed by atoms with Crippen molar-refractivity contribution < 1.29 is 9.90 Å². The molecular formula is C9H11N3O2. The van der Waals surface area contributed by atoms with Crippen LogP contribution in [-0.2, 0) is 4.79 Å². The third-order valence-electron chi connectivity index (χ3n) is 2.43. The third kappa shape index (κ3) is 1.72. The summed E-state index contributed by atoms with van der Waals surface area (Å²) >= 11 is 0. The largest absolute Gasteiger partial charge is 0.480 e. The molecule has 14 heavy (non-hydrogen) atoms.